The van der Waals surface area contributed by atoms with Crippen LogP contribution in [0, 0.1) is 0 Å². The fourth-order valence-corrected chi connectivity index (χ4v) is 0.336. The predicted octanol–water partition coefficient (Wildman–Crippen LogP) is -0.396. The summed E-state index contributed by atoms with van der Waals surface area (Å²) in [6.07, 6.45) is 2.90. The Bertz CT molecular complexity index is 108. The standard InChI is InChI=1S/C4H5NO2/c6-4-1-2-5-7-3-4/h1-2,5H,3H2. The van der Waals surface area contributed by atoms with E-state index in [1.807, 2.05) is 0 Å². The summed E-state index contributed by atoms with van der Waals surface area (Å²) in [5.74, 6) is -0.00116. The molecule has 0 aromatic carbocycles. The molecule has 3 heteroatoms. The molecule has 0 aromatic rings. The highest BCUT2D eigenvalue weighted by Crippen LogP contribution is 1.82. The summed E-state index contributed by atoms with van der Waals surface area (Å²) in [5.41, 5.74) is 2.41. The molecule has 0 aliphatic carbocycles. The van der Waals surface area contributed by atoms with Gasteiger partial charge in [0.2, 0.25) is 0 Å². The molecule has 0 atom stereocenters. The van der Waals surface area contributed by atoms with Crippen molar-refractivity contribution in [3.8, 4) is 0 Å². The first kappa shape index (κ1) is 4.33. The summed E-state index contributed by atoms with van der Waals surface area (Å²) in [7, 11) is 0. The molecular formula is C4H5NO2. The Hall–Kier alpha value is -0.830. The third-order valence-electron chi connectivity index (χ3n) is 0.635. The van der Waals surface area contributed by atoms with E-state index in [2.05, 4.69) is 10.3 Å². The predicted molar refractivity (Wildman–Crippen MR) is 23.2 cm³/mol. The maximum absolute atomic E-state index is 10.2. The van der Waals surface area contributed by atoms with Crippen molar-refractivity contribution in [3.05, 3.63) is 12.3 Å². The van der Waals surface area contributed by atoms with Gasteiger partial charge in [-0.15, -0.1) is 0 Å². The first-order valence-corrected chi connectivity index (χ1v) is 1.96. The van der Waals surface area contributed by atoms with Crippen LogP contribution in [0.15, 0.2) is 12.3 Å². The first-order valence-electron chi connectivity index (χ1n) is 1.96. The number of rotatable bonds is 0. The largest absolute Gasteiger partial charge is 0.292 e. The van der Waals surface area contributed by atoms with Gasteiger partial charge in [0.05, 0.1) is 0 Å². The van der Waals surface area contributed by atoms with Crippen molar-refractivity contribution >= 4 is 5.78 Å². The zero-order valence-electron chi connectivity index (χ0n) is 3.68. The Balaban J connectivity index is 2.51. The van der Waals surface area contributed by atoms with Crippen LogP contribution in [-0.2, 0) is 9.63 Å². The fourth-order valence-electron chi connectivity index (χ4n) is 0.336. The molecule has 1 aliphatic heterocycles. The molecule has 0 bridgehead atoms. The lowest BCUT2D eigenvalue weighted by atomic mass is 10.4. The summed E-state index contributed by atoms with van der Waals surface area (Å²) in [5, 5.41) is 0. The zero-order chi connectivity index (χ0) is 5.11. The van der Waals surface area contributed by atoms with Gasteiger partial charge in [0.25, 0.3) is 0 Å². The molecule has 0 unspecified atom stereocenters. The molecule has 1 rings (SSSR count). The monoisotopic (exact) mass is 99.0 g/mol. The lowest BCUT2D eigenvalue weighted by molar-refractivity contribution is -0.122. The van der Waals surface area contributed by atoms with E-state index in [1.54, 1.807) is 0 Å². The topological polar surface area (TPSA) is 38.3 Å². The molecule has 0 amide bonds. The summed E-state index contributed by atoms with van der Waals surface area (Å²) < 4.78 is 0. The molecule has 3 nitrogen and oxygen atoms in total. The zero-order valence-corrected chi connectivity index (χ0v) is 3.68. The molecule has 0 fully saturated rings. The van der Waals surface area contributed by atoms with Crippen LogP contribution in [0.25, 0.3) is 0 Å². The molecule has 1 N–H and O–H groups in total. The third-order valence-corrected chi connectivity index (χ3v) is 0.635. The van der Waals surface area contributed by atoms with E-state index in [0.717, 1.165) is 0 Å². The van der Waals surface area contributed by atoms with E-state index in [9.17, 15) is 4.79 Å². The normalized spacial score (nSPS) is 19.1. The Kier molecular flexibility index (Phi) is 1.08. The van der Waals surface area contributed by atoms with Crippen molar-refractivity contribution in [1.82, 2.24) is 5.48 Å². The Labute approximate surface area is 40.9 Å². The lowest BCUT2D eigenvalue weighted by Crippen LogP contribution is -2.19. The number of hydroxylamine groups is 1. The third kappa shape index (κ3) is 1.01. The van der Waals surface area contributed by atoms with Gasteiger partial charge >= 0.3 is 0 Å². The van der Waals surface area contributed by atoms with E-state index in [4.69, 9.17) is 0 Å². The Morgan fingerprint density at radius 2 is 2.71 bits per heavy atom. The van der Waals surface area contributed by atoms with Gasteiger partial charge in [-0.1, -0.05) is 0 Å². The van der Waals surface area contributed by atoms with Gasteiger partial charge in [-0.05, 0) is 0 Å². The van der Waals surface area contributed by atoms with E-state index >= 15 is 0 Å². The van der Waals surface area contributed by atoms with Gasteiger partial charge in [-0.25, -0.2) is 0 Å². The molecule has 1 aliphatic rings. The minimum absolute atomic E-state index is 0.00116. The van der Waals surface area contributed by atoms with Crippen LogP contribution < -0.4 is 5.48 Å². The lowest BCUT2D eigenvalue weighted by Gasteiger charge is -2.02. The summed E-state index contributed by atoms with van der Waals surface area (Å²) in [6, 6.07) is 0. The highest BCUT2D eigenvalue weighted by molar-refractivity contribution is 5.90. The van der Waals surface area contributed by atoms with Crippen LogP contribution in [0.5, 0.6) is 0 Å². The number of nitrogens with one attached hydrogen (secondary N) is 1. The van der Waals surface area contributed by atoms with Gasteiger partial charge < -0.3 is 0 Å². The second-order valence-corrected chi connectivity index (χ2v) is 1.21. The van der Waals surface area contributed by atoms with Crippen molar-refractivity contribution in [2.45, 2.75) is 0 Å². The summed E-state index contributed by atoms with van der Waals surface area (Å²) in [4.78, 5) is 14.7. The molecule has 1 heterocycles. The number of carbonyl (C=O) groups excluding carboxylic acids is 1. The molecule has 0 aromatic heterocycles. The second kappa shape index (κ2) is 1.75. The maximum Gasteiger partial charge on any atom is 0.185 e. The highest BCUT2D eigenvalue weighted by atomic mass is 16.6. The van der Waals surface area contributed by atoms with Gasteiger partial charge in [-0.2, -0.15) is 0 Å². The van der Waals surface area contributed by atoms with Crippen LogP contribution in [-0.4, -0.2) is 12.4 Å². The number of ketones is 1. The average Bonchev–Trinajstić information content (AvgIpc) is 1.69. The van der Waals surface area contributed by atoms with Crippen molar-refractivity contribution in [2.24, 2.45) is 0 Å². The van der Waals surface area contributed by atoms with Gasteiger partial charge in [0.1, 0.15) is 6.61 Å². The average molecular weight is 99.1 g/mol. The van der Waals surface area contributed by atoms with Crippen LogP contribution >= 0.6 is 0 Å². The minimum atomic E-state index is -0.00116. The van der Waals surface area contributed by atoms with Gasteiger partial charge in [0.15, 0.2) is 5.78 Å². The number of carbonyl (C=O) groups is 1. The smallest absolute Gasteiger partial charge is 0.185 e. The van der Waals surface area contributed by atoms with E-state index in [-0.39, 0.29) is 12.4 Å². The summed E-state index contributed by atoms with van der Waals surface area (Å²) in [6.45, 7) is 0.149. The summed E-state index contributed by atoms with van der Waals surface area (Å²) >= 11 is 0. The van der Waals surface area contributed by atoms with E-state index in [0.29, 0.717) is 0 Å². The molecule has 0 saturated heterocycles. The fraction of sp³-hybridized carbons (Fsp3) is 0.250. The second-order valence-electron chi connectivity index (χ2n) is 1.21. The van der Waals surface area contributed by atoms with Crippen molar-refractivity contribution < 1.29 is 9.63 Å². The van der Waals surface area contributed by atoms with Crippen LogP contribution in [0.1, 0.15) is 0 Å². The molecule has 38 valence electrons. The quantitative estimate of drug-likeness (QED) is 0.449. The van der Waals surface area contributed by atoms with Crippen LogP contribution in [0.2, 0.25) is 0 Å². The number of hydrogen-bond acceptors (Lipinski definition) is 3. The molecule has 0 radical (unpaired) electrons. The van der Waals surface area contributed by atoms with Crippen LogP contribution in [0.4, 0.5) is 0 Å². The molecule has 0 saturated carbocycles. The molecular weight excluding hydrogens is 94.0 g/mol. The Morgan fingerprint density at radius 1 is 1.86 bits per heavy atom. The van der Waals surface area contributed by atoms with E-state index in [1.165, 1.54) is 12.3 Å². The minimum Gasteiger partial charge on any atom is -0.292 e. The highest BCUT2D eigenvalue weighted by Gasteiger charge is 1.98. The van der Waals surface area contributed by atoms with Crippen molar-refractivity contribution in [3.63, 3.8) is 0 Å². The van der Waals surface area contributed by atoms with Crippen LogP contribution in [0.3, 0.4) is 0 Å². The van der Waals surface area contributed by atoms with Crippen molar-refractivity contribution in [1.29, 1.82) is 0 Å². The van der Waals surface area contributed by atoms with E-state index < -0.39 is 0 Å². The molecule has 0 spiro atoms. The first-order chi connectivity index (χ1) is 3.39. The van der Waals surface area contributed by atoms with Crippen molar-refractivity contribution in [2.75, 3.05) is 6.61 Å². The van der Waals surface area contributed by atoms with Gasteiger partial charge in [-0.3, -0.25) is 15.1 Å². The maximum atomic E-state index is 10.2. The molecule has 7 heavy (non-hydrogen) atoms. The Morgan fingerprint density at radius 3 is 3.00 bits per heavy atom. The number of hydrogen-bond donors (Lipinski definition) is 1. The SMILES string of the molecule is O=C1C=CNOC1. The van der Waals surface area contributed by atoms with Gasteiger partial charge in [0, 0.05) is 12.3 Å².